The van der Waals surface area contributed by atoms with Crippen LogP contribution in [0.5, 0.6) is 0 Å². The molecule has 0 saturated heterocycles. The highest BCUT2D eigenvalue weighted by molar-refractivity contribution is 9.10. The van der Waals surface area contributed by atoms with E-state index in [-0.39, 0.29) is 6.04 Å². The molecule has 0 aliphatic carbocycles. The van der Waals surface area contributed by atoms with E-state index in [0.717, 1.165) is 16.0 Å². The molecule has 2 N–H and O–H groups in total. The third-order valence-corrected chi connectivity index (χ3v) is 4.06. The number of likely N-dealkylation sites (N-methyl/N-ethyl adjacent to an activating group) is 1. The van der Waals surface area contributed by atoms with Crippen LogP contribution in [0.3, 0.4) is 0 Å². The smallest absolute Gasteiger partial charge is 0.0478 e. The molecular weight excluding hydrogens is 312 g/mol. The summed E-state index contributed by atoms with van der Waals surface area (Å²) in [5, 5.41) is 0.742. The largest absolute Gasteiger partial charge is 0.329 e. The fourth-order valence-electron chi connectivity index (χ4n) is 1.93. The van der Waals surface area contributed by atoms with Crippen LogP contribution in [0.4, 0.5) is 0 Å². The van der Waals surface area contributed by atoms with E-state index in [9.17, 15) is 0 Å². The molecule has 0 saturated carbocycles. The van der Waals surface area contributed by atoms with Gasteiger partial charge >= 0.3 is 0 Å². The monoisotopic (exact) mass is 332 g/mol. The summed E-state index contributed by atoms with van der Waals surface area (Å²) >= 11 is 9.54. The first-order valence-electron chi connectivity index (χ1n) is 6.31. The molecule has 1 aromatic carbocycles. The number of halogens is 2. The van der Waals surface area contributed by atoms with Crippen molar-refractivity contribution in [1.29, 1.82) is 0 Å². The fourth-order valence-corrected chi connectivity index (χ4v) is 2.88. The highest BCUT2D eigenvalue weighted by Gasteiger charge is 2.18. The van der Waals surface area contributed by atoms with Crippen molar-refractivity contribution in [2.24, 2.45) is 11.7 Å². The van der Waals surface area contributed by atoms with Crippen LogP contribution in [-0.2, 0) is 0 Å². The summed E-state index contributed by atoms with van der Waals surface area (Å²) in [5.41, 5.74) is 7.13. The summed E-state index contributed by atoms with van der Waals surface area (Å²) < 4.78 is 1.03. The number of rotatable bonds is 6. The standard InChI is InChI=1S/C14H22BrClN2/c1-10(2)6-7-18(3)14(9-17)12-5-4-11(16)8-13(12)15/h4-5,8,10,14H,6-7,9,17H2,1-3H3. The van der Waals surface area contributed by atoms with Gasteiger partial charge in [-0.05, 0) is 43.6 Å². The third-order valence-electron chi connectivity index (χ3n) is 3.14. The van der Waals surface area contributed by atoms with Crippen molar-refractivity contribution in [2.75, 3.05) is 20.1 Å². The van der Waals surface area contributed by atoms with Gasteiger partial charge < -0.3 is 5.73 Å². The van der Waals surface area contributed by atoms with Crippen LogP contribution in [0, 0.1) is 5.92 Å². The van der Waals surface area contributed by atoms with Crippen molar-refractivity contribution < 1.29 is 0 Å². The van der Waals surface area contributed by atoms with E-state index in [1.807, 2.05) is 12.1 Å². The SMILES string of the molecule is CC(C)CCN(C)C(CN)c1ccc(Cl)cc1Br. The molecule has 0 radical (unpaired) electrons. The van der Waals surface area contributed by atoms with Gasteiger partial charge in [-0.1, -0.05) is 47.4 Å². The maximum absolute atomic E-state index is 5.97. The zero-order chi connectivity index (χ0) is 13.7. The number of nitrogens with two attached hydrogens (primary N) is 1. The summed E-state index contributed by atoms with van der Waals surface area (Å²) in [4.78, 5) is 2.31. The van der Waals surface area contributed by atoms with Gasteiger partial charge in [-0.15, -0.1) is 0 Å². The van der Waals surface area contributed by atoms with Crippen molar-refractivity contribution in [1.82, 2.24) is 4.90 Å². The minimum atomic E-state index is 0.232. The Morgan fingerprint density at radius 3 is 2.56 bits per heavy atom. The lowest BCUT2D eigenvalue weighted by Crippen LogP contribution is -2.32. The average Bonchev–Trinajstić information content (AvgIpc) is 2.30. The molecule has 0 aliphatic heterocycles. The molecule has 4 heteroatoms. The van der Waals surface area contributed by atoms with Gasteiger partial charge in [-0.2, -0.15) is 0 Å². The lowest BCUT2D eigenvalue weighted by atomic mass is 10.0. The number of benzene rings is 1. The van der Waals surface area contributed by atoms with Crippen molar-refractivity contribution in [3.63, 3.8) is 0 Å². The van der Waals surface area contributed by atoms with Gasteiger partial charge in [0.05, 0.1) is 0 Å². The van der Waals surface area contributed by atoms with Crippen molar-refractivity contribution in [2.45, 2.75) is 26.3 Å². The Bertz CT molecular complexity index is 382. The Morgan fingerprint density at radius 2 is 2.06 bits per heavy atom. The topological polar surface area (TPSA) is 29.3 Å². The molecule has 0 heterocycles. The lowest BCUT2D eigenvalue weighted by Gasteiger charge is -2.28. The van der Waals surface area contributed by atoms with Gasteiger partial charge in [-0.25, -0.2) is 0 Å². The Kier molecular flexibility index (Phi) is 6.64. The molecule has 102 valence electrons. The van der Waals surface area contributed by atoms with Crippen molar-refractivity contribution in [3.8, 4) is 0 Å². The summed E-state index contributed by atoms with van der Waals surface area (Å²) in [5.74, 6) is 0.708. The number of hydrogen-bond acceptors (Lipinski definition) is 2. The van der Waals surface area contributed by atoms with Crippen LogP contribution in [0.25, 0.3) is 0 Å². The van der Waals surface area contributed by atoms with Crippen LogP contribution in [-0.4, -0.2) is 25.0 Å². The van der Waals surface area contributed by atoms with Crippen molar-refractivity contribution in [3.05, 3.63) is 33.3 Å². The predicted octanol–water partition coefficient (Wildman–Crippen LogP) is 4.08. The Labute approximate surface area is 124 Å². The minimum absolute atomic E-state index is 0.232. The Morgan fingerprint density at radius 1 is 1.39 bits per heavy atom. The second kappa shape index (κ2) is 7.49. The first-order chi connectivity index (χ1) is 8.45. The van der Waals surface area contributed by atoms with E-state index in [1.54, 1.807) is 0 Å². The molecule has 0 fully saturated rings. The molecule has 2 nitrogen and oxygen atoms in total. The lowest BCUT2D eigenvalue weighted by molar-refractivity contribution is 0.235. The van der Waals surface area contributed by atoms with Gasteiger partial charge in [0, 0.05) is 22.1 Å². The van der Waals surface area contributed by atoms with E-state index in [2.05, 4.69) is 47.8 Å². The van der Waals surface area contributed by atoms with E-state index in [1.165, 1.54) is 12.0 Å². The quantitative estimate of drug-likeness (QED) is 0.850. The highest BCUT2D eigenvalue weighted by Crippen LogP contribution is 2.29. The van der Waals surface area contributed by atoms with Crippen molar-refractivity contribution >= 4 is 27.5 Å². The van der Waals surface area contributed by atoms with E-state index in [4.69, 9.17) is 17.3 Å². The molecule has 0 spiro atoms. The first kappa shape index (κ1) is 16.0. The van der Waals surface area contributed by atoms with Crippen LogP contribution < -0.4 is 5.73 Å². The minimum Gasteiger partial charge on any atom is -0.329 e. The molecule has 1 unspecified atom stereocenters. The van der Waals surface area contributed by atoms with Gasteiger partial charge in [0.15, 0.2) is 0 Å². The third kappa shape index (κ3) is 4.54. The Balaban J connectivity index is 2.81. The second-order valence-corrected chi connectivity index (χ2v) is 6.37. The molecular formula is C14H22BrClN2. The van der Waals surface area contributed by atoms with Gasteiger partial charge in [0.2, 0.25) is 0 Å². The molecule has 1 atom stereocenters. The zero-order valence-electron chi connectivity index (χ0n) is 11.3. The zero-order valence-corrected chi connectivity index (χ0v) is 13.6. The predicted molar refractivity (Wildman–Crippen MR) is 83.0 cm³/mol. The molecule has 0 aliphatic rings. The average molecular weight is 334 g/mol. The van der Waals surface area contributed by atoms with Crippen LogP contribution in [0.15, 0.2) is 22.7 Å². The van der Waals surface area contributed by atoms with Crippen LogP contribution in [0.2, 0.25) is 5.02 Å². The summed E-state index contributed by atoms with van der Waals surface area (Å²) in [6, 6.07) is 6.13. The molecule has 0 aromatic heterocycles. The Hall–Kier alpha value is -0.0900. The first-order valence-corrected chi connectivity index (χ1v) is 7.48. The molecule has 18 heavy (non-hydrogen) atoms. The van der Waals surface area contributed by atoms with E-state index >= 15 is 0 Å². The van der Waals surface area contributed by atoms with Gasteiger partial charge in [0.1, 0.15) is 0 Å². The number of hydrogen-bond donors (Lipinski definition) is 1. The van der Waals surface area contributed by atoms with Crippen LogP contribution >= 0.6 is 27.5 Å². The van der Waals surface area contributed by atoms with Crippen LogP contribution in [0.1, 0.15) is 31.9 Å². The van der Waals surface area contributed by atoms with E-state index < -0.39 is 0 Å². The maximum Gasteiger partial charge on any atom is 0.0478 e. The molecule has 0 amide bonds. The second-order valence-electron chi connectivity index (χ2n) is 5.08. The maximum atomic E-state index is 5.97. The molecule has 0 bridgehead atoms. The number of nitrogens with zero attached hydrogens (tertiary/aromatic N) is 1. The van der Waals surface area contributed by atoms with Gasteiger partial charge in [0.25, 0.3) is 0 Å². The molecule has 1 aromatic rings. The summed E-state index contributed by atoms with van der Waals surface area (Å²) in [7, 11) is 2.13. The van der Waals surface area contributed by atoms with E-state index in [0.29, 0.717) is 12.5 Å². The highest BCUT2D eigenvalue weighted by atomic mass is 79.9. The summed E-state index contributed by atoms with van der Waals surface area (Å²) in [6.45, 7) is 6.14. The molecule has 1 rings (SSSR count). The fraction of sp³-hybridized carbons (Fsp3) is 0.571. The van der Waals surface area contributed by atoms with Gasteiger partial charge in [-0.3, -0.25) is 4.90 Å². The normalized spacial score (nSPS) is 13.3. The summed E-state index contributed by atoms with van der Waals surface area (Å²) in [6.07, 6.45) is 1.18.